The molecular weight excluding hydrogens is 432 g/mol. The number of hydroxylamine groups is 2. The van der Waals surface area contributed by atoms with Gasteiger partial charge in [-0.1, -0.05) is 38.1 Å². The number of aliphatic carboxylic acids is 2. The summed E-state index contributed by atoms with van der Waals surface area (Å²) in [5, 5.41) is 16.7. The van der Waals surface area contributed by atoms with E-state index in [4.69, 9.17) is 24.6 Å². The van der Waals surface area contributed by atoms with Crippen molar-refractivity contribution in [1.82, 2.24) is 5.06 Å². The van der Waals surface area contributed by atoms with E-state index in [9.17, 15) is 8.78 Å². The fraction of sp³-hybridized carbons (Fsp3) is 0.440. The van der Waals surface area contributed by atoms with Crippen molar-refractivity contribution in [3.8, 4) is 0 Å². The Bertz CT molecular complexity index is 879. The SMILES string of the molecule is CCC(CC)N(CC(Cc1c(F)cccc1F)c1c(C)cccc1C)OC.O=C(O)C(=O)O. The first-order valence-corrected chi connectivity index (χ1v) is 10.8. The van der Waals surface area contributed by atoms with E-state index in [-0.39, 0.29) is 17.5 Å². The zero-order chi connectivity index (χ0) is 25.1. The number of rotatable bonds is 9. The van der Waals surface area contributed by atoms with Crippen LogP contribution >= 0.6 is 0 Å². The van der Waals surface area contributed by atoms with E-state index in [1.54, 1.807) is 7.11 Å². The summed E-state index contributed by atoms with van der Waals surface area (Å²) in [6.45, 7) is 8.96. The molecule has 0 radical (unpaired) electrons. The van der Waals surface area contributed by atoms with Gasteiger partial charge in [0.2, 0.25) is 0 Å². The molecule has 182 valence electrons. The van der Waals surface area contributed by atoms with Crippen LogP contribution in [0.5, 0.6) is 0 Å². The topological polar surface area (TPSA) is 87.1 Å². The fourth-order valence-electron chi connectivity index (χ4n) is 3.99. The van der Waals surface area contributed by atoms with Gasteiger partial charge >= 0.3 is 11.9 Å². The number of benzene rings is 2. The van der Waals surface area contributed by atoms with Crippen LogP contribution in [0.2, 0.25) is 0 Å². The van der Waals surface area contributed by atoms with Crippen molar-refractivity contribution >= 4 is 11.9 Å². The molecule has 0 aliphatic carbocycles. The summed E-state index contributed by atoms with van der Waals surface area (Å²) in [7, 11) is 1.67. The van der Waals surface area contributed by atoms with Crippen molar-refractivity contribution in [2.75, 3.05) is 13.7 Å². The lowest BCUT2D eigenvalue weighted by atomic mass is 9.85. The Kier molecular flexibility index (Phi) is 11.7. The Balaban J connectivity index is 0.000000801. The van der Waals surface area contributed by atoms with E-state index in [0.29, 0.717) is 13.0 Å². The molecule has 0 fully saturated rings. The van der Waals surface area contributed by atoms with Crippen LogP contribution in [0.1, 0.15) is 54.9 Å². The number of carboxylic acids is 2. The maximum atomic E-state index is 14.4. The van der Waals surface area contributed by atoms with E-state index >= 15 is 0 Å². The number of halogens is 2. The van der Waals surface area contributed by atoms with Gasteiger partial charge in [0.25, 0.3) is 0 Å². The number of nitrogens with zero attached hydrogens (tertiary/aromatic N) is 1. The molecule has 0 heterocycles. The van der Waals surface area contributed by atoms with Crippen molar-refractivity contribution in [3.05, 3.63) is 70.3 Å². The monoisotopic (exact) mass is 465 g/mol. The summed E-state index contributed by atoms with van der Waals surface area (Å²) in [4.78, 5) is 23.9. The molecule has 1 unspecified atom stereocenters. The standard InChI is InChI=1S/C23H31F2NO.C2H2O4/c1-6-19(7-2)26(27-5)15-18(23-16(3)10-8-11-17(23)4)14-20-21(24)12-9-13-22(20)25;3-1(4)2(5)6/h8-13,18-19H,6-7,14-15H2,1-5H3;(H,3,4)(H,5,6). The molecule has 33 heavy (non-hydrogen) atoms. The Morgan fingerprint density at radius 1 is 0.939 bits per heavy atom. The molecule has 0 saturated heterocycles. The predicted molar refractivity (Wildman–Crippen MR) is 122 cm³/mol. The lowest BCUT2D eigenvalue weighted by Crippen LogP contribution is -2.37. The summed E-state index contributed by atoms with van der Waals surface area (Å²) in [5.74, 6) is -4.70. The highest BCUT2D eigenvalue weighted by Gasteiger charge is 2.26. The molecule has 0 spiro atoms. The minimum atomic E-state index is -1.82. The Morgan fingerprint density at radius 2 is 1.39 bits per heavy atom. The van der Waals surface area contributed by atoms with E-state index in [1.807, 2.05) is 11.1 Å². The lowest BCUT2D eigenvalue weighted by Gasteiger charge is -2.33. The zero-order valence-corrected chi connectivity index (χ0v) is 19.8. The van der Waals surface area contributed by atoms with Crippen LogP contribution in [-0.4, -0.2) is 46.9 Å². The molecule has 2 aromatic carbocycles. The summed E-state index contributed by atoms with van der Waals surface area (Å²) >= 11 is 0. The Morgan fingerprint density at radius 3 is 1.79 bits per heavy atom. The van der Waals surface area contributed by atoms with Gasteiger partial charge in [0, 0.05) is 24.1 Å². The molecule has 0 bridgehead atoms. The minimum Gasteiger partial charge on any atom is -0.473 e. The summed E-state index contributed by atoms with van der Waals surface area (Å²) < 4.78 is 28.7. The second-order valence-electron chi connectivity index (χ2n) is 7.77. The molecule has 1 atom stereocenters. The maximum Gasteiger partial charge on any atom is 0.414 e. The Hall–Kier alpha value is -2.84. The van der Waals surface area contributed by atoms with Crippen LogP contribution in [0.3, 0.4) is 0 Å². The van der Waals surface area contributed by atoms with Gasteiger partial charge < -0.3 is 15.1 Å². The highest BCUT2D eigenvalue weighted by atomic mass is 19.1. The van der Waals surface area contributed by atoms with Crippen LogP contribution in [0.15, 0.2) is 36.4 Å². The minimum absolute atomic E-state index is 0.0712. The van der Waals surface area contributed by atoms with Gasteiger partial charge in [0.05, 0.1) is 7.11 Å². The van der Waals surface area contributed by atoms with Gasteiger partial charge in [-0.15, -0.1) is 0 Å². The van der Waals surface area contributed by atoms with Gasteiger partial charge in [-0.05, 0) is 61.9 Å². The van der Waals surface area contributed by atoms with Crippen LogP contribution in [0.25, 0.3) is 0 Å². The highest BCUT2D eigenvalue weighted by molar-refractivity contribution is 6.27. The van der Waals surface area contributed by atoms with Crippen molar-refractivity contribution in [3.63, 3.8) is 0 Å². The number of hydrogen-bond donors (Lipinski definition) is 2. The first-order valence-electron chi connectivity index (χ1n) is 10.8. The largest absolute Gasteiger partial charge is 0.473 e. The molecule has 2 aromatic rings. The number of hydrogen-bond acceptors (Lipinski definition) is 4. The molecule has 0 saturated carbocycles. The number of carbonyl (C=O) groups is 2. The quantitative estimate of drug-likeness (QED) is 0.395. The molecule has 0 aliphatic heterocycles. The van der Waals surface area contributed by atoms with Crippen LogP contribution < -0.4 is 0 Å². The van der Waals surface area contributed by atoms with Crippen LogP contribution in [0.4, 0.5) is 8.78 Å². The third-order valence-corrected chi connectivity index (χ3v) is 5.63. The van der Waals surface area contributed by atoms with E-state index in [1.165, 1.54) is 18.2 Å². The third-order valence-electron chi connectivity index (χ3n) is 5.63. The summed E-state index contributed by atoms with van der Waals surface area (Å²) in [6, 6.07) is 10.5. The van der Waals surface area contributed by atoms with E-state index < -0.39 is 23.6 Å². The van der Waals surface area contributed by atoms with Crippen molar-refractivity contribution in [1.29, 1.82) is 0 Å². The smallest absolute Gasteiger partial charge is 0.414 e. The summed E-state index contributed by atoms with van der Waals surface area (Å²) in [6.07, 6.45) is 2.21. The molecule has 2 rings (SSSR count). The van der Waals surface area contributed by atoms with E-state index in [2.05, 4.69) is 39.8 Å². The number of carboxylic acid groups (broad SMARTS) is 2. The Labute approximate surface area is 193 Å². The molecule has 8 heteroatoms. The highest BCUT2D eigenvalue weighted by Crippen LogP contribution is 2.31. The van der Waals surface area contributed by atoms with E-state index in [0.717, 1.165) is 29.5 Å². The number of aryl methyl sites for hydroxylation is 2. The lowest BCUT2D eigenvalue weighted by molar-refractivity contribution is -0.166. The van der Waals surface area contributed by atoms with Crippen LogP contribution in [0, 0.1) is 25.5 Å². The van der Waals surface area contributed by atoms with Gasteiger partial charge in [-0.25, -0.2) is 18.4 Å². The molecule has 0 amide bonds. The molecule has 0 aliphatic rings. The van der Waals surface area contributed by atoms with Gasteiger partial charge in [0.15, 0.2) is 0 Å². The van der Waals surface area contributed by atoms with Crippen molar-refractivity contribution in [2.24, 2.45) is 0 Å². The molecule has 2 N–H and O–H groups in total. The van der Waals surface area contributed by atoms with Gasteiger partial charge in [-0.3, -0.25) is 0 Å². The second-order valence-corrected chi connectivity index (χ2v) is 7.77. The zero-order valence-electron chi connectivity index (χ0n) is 19.8. The van der Waals surface area contributed by atoms with Gasteiger partial charge in [0.1, 0.15) is 11.6 Å². The maximum absolute atomic E-state index is 14.4. The normalized spacial score (nSPS) is 11.8. The van der Waals surface area contributed by atoms with Crippen LogP contribution in [-0.2, 0) is 20.8 Å². The average molecular weight is 466 g/mol. The van der Waals surface area contributed by atoms with Gasteiger partial charge in [-0.2, -0.15) is 5.06 Å². The first-order chi connectivity index (χ1) is 15.6. The van der Waals surface area contributed by atoms with Crippen molar-refractivity contribution < 1.29 is 33.4 Å². The fourth-order valence-corrected chi connectivity index (χ4v) is 3.99. The third kappa shape index (κ3) is 8.22. The predicted octanol–water partition coefficient (Wildman–Crippen LogP) is 5.12. The molecular formula is C25H33F2NO5. The van der Waals surface area contributed by atoms with Crippen molar-refractivity contribution in [2.45, 2.75) is 58.9 Å². The molecule has 6 nitrogen and oxygen atoms in total. The summed E-state index contributed by atoms with van der Waals surface area (Å²) in [5.41, 5.74) is 3.56. The molecule has 0 aromatic heterocycles. The first kappa shape index (κ1) is 28.2. The second kappa shape index (κ2) is 13.6. The average Bonchev–Trinajstić information content (AvgIpc) is 2.76.